The van der Waals surface area contributed by atoms with E-state index in [4.69, 9.17) is 4.74 Å². The number of aromatic nitrogens is 1. The van der Waals surface area contributed by atoms with Gasteiger partial charge in [-0.3, -0.25) is 4.79 Å². The van der Waals surface area contributed by atoms with Gasteiger partial charge in [-0.2, -0.15) is 0 Å². The fourth-order valence-corrected chi connectivity index (χ4v) is 2.24. The Morgan fingerprint density at radius 3 is 2.46 bits per heavy atom. The predicted octanol–water partition coefficient (Wildman–Crippen LogP) is 3.98. The number of benzene rings is 1. The van der Waals surface area contributed by atoms with Crippen molar-refractivity contribution in [3.05, 3.63) is 59.3 Å². The largest absolute Gasteiger partial charge is 0.475 e. The van der Waals surface area contributed by atoms with E-state index < -0.39 is 17.7 Å². The highest BCUT2D eigenvalue weighted by molar-refractivity contribution is 5.94. The van der Waals surface area contributed by atoms with E-state index in [-0.39, 0.29) is 17.6 Å². The minimum absolute atomic E-state index is 0.0160. The third-order valence-electron chi connectivity index (χ3n) is 3.65. The van der Waals surface area contributed by atoms with Crippen molar-refractivity contribution < 1.29 is 18.3 Å². The molecule has 1 aromatic carbocycles. The van der Waals surface area contributed by atoms with Crippen molar-refractivity contribution in [2.45, 2.75) is 32.9 Å². The Bertz CT molecular complexity index is 717. The minimum Gasteiger partial charge on any atom is -0.475 e. The van der Waals surface area contributed by atoms with Crippen LogP contribution in [-0.4, -0.2) is 28.9 Å². The molecule has 0 saturated heterocycles. The first kappa shape index (κ1) is 17.8. The second-order valence-corrected chi connectivity index (χ2v) is 5.81. The second-order valence-electron chi connectivity index (χ2n) is 5.81. The second kappa shape index (κ2) is 7.38. The quantitative estimate of drug-likeness (QED) is 0.830. The van der Waals surface area contributed by atoms with Gasteiger partial charge >= 0.3 is 0 Å². The molecule has 0 bridgehead atoms. The van der Waals surface area contributed by atoms with Gasteiger partial charge in [0.15, 0.2) is 0 Å². The molecule has 1 amide bonds. The van der Waals surface area contributed by atoms with E-state index in [1.165, 1.54) is 18.1 Å². The van der Waals surface area contributed by atoms with Crippen molar-refractivity contribution in [1.82, 2.24) is 9.88 Å². The lowest BCUT2D eigenvalue weighted by molar-refractivity contribution is 0.0739. The first-order chi connectivity index (χ1) is 11.3. The fraction of sp³-hybridized carbons (Fsp3) is 0.333. The zero-order chi connectivity index (χ0) is 17.9. The van der Waals surface area contributed by atoms with Crippen LogP contribution in [0, 0.1) is 11.6 Å². The van der Waals surface area contributed by atoms with Crippen molar-refractivity contribution in [3.8, 4) is 5.88 Å². The molecule has 0 spiro atoms. The van der Waals surface area contributed by atoms with Crippen LogP contribution in [0.3, 0.4) is 0 Å². The van der Waals surface area contributed by atoms with Gasteiger partial charge in [-0.1, -0.05) is 0 Å². The first-order valence-corrected chi connectivity index (χ1v) is 7.64. The monoisotopic (exact) mass is 334 g/mol. The third kappa shape index (κ3) is 4.07. The topological polar surface area (TPSA) is 42.4 Å². The van der Waals surface area contributed by atoms with Crippen molar-refractivity contribution >= 4 is 5.91 Å². The summed E-state index contributed by atoms with van der Waals surface area (Å²) in [6, 6.07) is 5.78. The van der Waals surface area contributed by atoms with E-state index >= 15 is 0 Å². The Hall–Kier alpha value is -2.50. The summed E-state index contributed by atoms with van der Waals surface area (Å²) in [5, 5.41) is 0. The molecule has 2 aromatic rings. The Labute approximate surface area is 140 Å². The minimum atomic E-state index is -0.625. The molecule has 1 atom stereocenters. The SMILES string of the molecule is CC(C)Oc1ccc(C(=O)N(C)C(C)c2cc(F)ccc2F)cn1. The Morgan fingerprint density at radius 2 is 1.88 bits per heavy atom. The Balaban J connectivity index is 2.17. The van der Waals surface area contributed by atoms with Crippen molar-refractivity contribution in [1.29, 1.82) is 0 Å². The number of rotatable bonds is 5. The van der Waals surface area contributed by atoms with Crippen LogP contribution in [0.1, 0.15) is 42.7 Å². The lowest BCUT2D eigenvalue weighted by Crippen LogP contribution is -2.30. The Kier molecular flexibility index (Phi) is 5.49. The maximum atomic E-state index is 13.9. The molecule has 4 nitrogen and oxygen atoms in total. The van der Waals surface area contributed by atoms with Crippen LogP contribution in [0.15, 0.2) is 36.5 Å². The zero-order valence-corrected chi connectivity index (χ0v) is 14.1. The molecule has 0 aliphatic heterocycles. The van der Waals surface area contributed by atoms with Crippen LogP contribution in [0.25, 0.3) is 0 Å². The highest BCUT2D eigenvalue weighted by atomic mass is 19.1. The van der Waals surface area contributed by atoms with Crippen LogP contribution in [0.2, 0.25) is 0 Å². The normalized spacial score (nSPS) is 12.1. The molecule has 1 aromatic heterocycles. The molecule has 128 valence electrons. The van der Waals surface area contributed by atoms with Crippen LogP contribution in [0.5, 0.6) is 5.88 Å². The van der Waals surface area contributed by atoms with Crippen molar-refractivity contribution in [2.75, 3.05) is 7.05 Å². The number of halogens is 2. The molecule has 0 saturated carbocycles. The number of hydrogen-bond donors (Lipinski definition) is 0. The number of nitrogens with zero attached hydrogens (tertiary/aromatic N) is 2. The maximum absolute atomic E-state index is 13.9. The van der Waals surface area contributed by atoms with E-state index in [1.807, 2.05) is 13.8 Å². The molecule has 2 rings (SSSR count). The van der Waals surface area contributed by atoms with E-state index in [2.05, 4.69) is 4.98 Å². The van der Waals surface area contributed by atoms with Gasteiger partial charge in [0.25, 0.3) is 5.91 Å². The van der Waals surface area contributed by atoms with E-state index in [0.29, 0.717) is 11.4 Å². The van der Waals surface area contributed by atoms with E-state index in [9.17, 15) is 13.6 Å². The molecule has 0 N–H and O–H groups in total. The van der Waals surface area contributed by atoms with Gasteiger partial charge in [-0.25, -0.2) is 13.8 Å². The van der Waals surface area contributed by atoms with Crippen LogP contribution in [-0.2, 0) is 0 Å². The summed E-state index contributed by atoms with van der Waals surface area (Å²) in [6.07, 6.45) is 1.39. The van der Waals surface area contributed by atoms with Gasteiger partial charge in [0.1, 0.15) is 11.6 Å². The predicted molar refractivity (Wildman–Crippen MR) is 86.9 cm³/mol. The molecule has 1 heterocycles. The average Bonchev–Trinajstić information content (AvgIpc) is 2.55. The summed E-state index contributed by atoms with van der Waals surface area (Å²) in [7, 11) is 1.54. The van der Waals surface area contributed by atoms with Gasteiger partial charge in [0.05, 0.1) is 17.7 Å². The van der Waals surface area contributed by atoms with E-state index in [0.717, 1.165) is 18.2 Å². The molecule has 6 heteroatoms. The zero-order valence-electron chi connectivity index (χ0n) is 14.1. The number of pyridine rings is 1. The molecule has 1 unspecified atom stereocenters. The lowest BCUT2D eigenvalue weighted by atomic mass is 10.1. The molecule has 24 heavy (non-hydrogen) atoms. The van der Waals surface area contributed by atoms with Gasteiger partial charge in [-0.05, 0) is 45.0 Å². The standard InChI is InChI=1S/C18H20F2N2O2/c1-11(2)24-17-8-5-13(10-21-17)18(23)22(4)12(3)15-9-14(19)6-7-16(15)20/h5-12H,1-4H3. The highest BCUT2D eigenvalue weighted by Crippen LogP contribution is 2.24. The number of carbonyl (C=O) groups excluding carboxylic acids is 1. The summed E-state index contributed by atoms with van der Waals surface area (Å²) in [5.41, 5.74) is 0.468. The molecule has 0 fully saturated rings. The fourth-order valence-electron chi connectivity index (χ4n) is 2.24. The smallest absolute Gasteiger partial charge is 0.255 e. The number of amides is 1. The summed E-state index contributed by atoms with van der Waals surface area (Å²) in [6.45, 7) is 5.40. The van der Waals surface area contributed by atoms with Crippen LogP contribution >= 0.6 is 0 Å². The van der Waals surface area contributed by atoms with Gasteiger partial charge < -0.3 is 9.64 Å². The maximum Gasteiger partial charge on any atom is 0.255 e. The average molecular weight is 334 g/mol. The Morgan fingerprint density at radius 1 is 1.17 bits per heavy atom. The van der Waals surface area contributed by atoms with Gasteiger partial charge in [0, 0.05) is 24.9 Å². The van der Waals surface area contributed by atoms with Gasteiger partial charge in [0.2, 0.25) is 5.88 Å². The van der Waals surface area contributed by atoms with Crippen LogP contribution < -0.4 is 4.74 Å². The van der Waals surface area contributed by atoms with Crippen molar-refractivity contribution in [2.24, 2.45) is 0 Å². The number of ether oxygens (including phenoxy) is 1. The molecular formula is C18H20F2N2O2. The summed E-state index contributed by atoms with van der Waals surface area (Å²) < 4.78 is 32.7. The highest BCUT2D eigenvalue weighted by Gasteiger charge is 2.22. The van der Waals surface area contributed by atoms with Crippen LogP contribution in [0.4, 0.5) is 8.78 Å². The summed E-state index contributed by atoms with van der Waals surface area (Å²) in [5.74, 6) is -1.01. The summed E-state index contributed by atoms with van der Waals surface area (Å²) >= 11 is 0. The summed E-state index contributed by atoms with van der Waals surface area (Å²) in [4.78, 5) is 17.9. The molecular weight excluding hydrogens is 314 g/mol. The number of hydrogen-bond acceptors (Lipinski definition) is 3. The lowest BCUT2D eigenvalue weighted by Gasteiger charge is -2.25. The molecule has 0 aliphatic rings. The molecule has 0 aliphatic carbocycles. The van der Waals surface area contributed by atoms with E-state index in [1.54, 1.807) is 19.1 Å². The molecule has 0 radical (unpaired) electrons. The van der Waals surface area contributed by atoms with Crippen molar-refractivity contribution in [3.63, 3.8) is 0 Å². The first-order valence-electron chi connectivity index (χ1n) is 7.64. The third-order valence-corrected chi connectivity index (χ3v) is 3.65. The number of carbonyl (C=O) groups is 1. The van der Waals surface area contributed by atoms with Gasteiger partial charge in [-0.15, -0.1) is 0 Å².